The molecule has 0 amide bonds. The van der Waals surface area contributed by atoms with Gasteiger partial charge in [0.1, 0.15) is 11.9 Å². The summed E-state index contributed by atoms with van der Waals surface area (Å²) in [5, 5.41) is 3.42. The molecule has 0 saturated carbocycles. The van der Waals surface area contributed by atoms with Crippen molar-refractivity contribution in [1.82, 2.24) is 0 Å². The fraction of sp³-hybridized carbons (Fsp3) is 0.294. The Morgan fingerprint density at radius 3 is 2.32 bits per heavy atom. The molecule has 0 fully saturated rings. The molecule has 2 aromatic carbocycles. The van der Waals surface area contributed by atoms with Gasteiger partial charge in [-0.15, -0.1) is 0 Å². The summed E-state index contributed by atoms with van der Waals surface area (Å²) in [5.41, 5.74) is 2.42. The Kier molecular flexibility index (Phi) is 4.85. The number of hydrogen-bond acceptors (Lipinski definition) is 2. The normalized spacial score (nSPS) is 11.9. The number of ether oxygens (including phenoxy) is 1. The lowest BCUT2D eigenvalue weighted by molar-refractivity contribution is 0.210. The molecule has 19 heavy (non-hydrogen) atoms. The number of para-hydroxylation sites is 1. The highest BCUT2D eigenvalue weighted by Crippen LogP contribution is 2.14. The molecule has 0 aromatic heterocycles. The van der Waals surface area contributed by atoms with Gasteiger partial charge in [0.15, 0.2) is 0 Å². The first kappa shape index (κ1) is 13.5. The van der Waals surface area contributed by atoms with Crippen molar-refractivity contribution in [1.29, 1.82) is 0 Å². The van der Waals surface area contributed by atoms with Crippen LogP contribution in [0.5, 0.6) is 5.75 Å². The number of rotatable bonds is 6. The fourth-order valence-electron chi connectivity index (χ4n) is 1.86. The smallest absolute Gasteiger partial charge is 0.119 e. The molecule has 0 radical (unpaired) electrons. The first-order valence-electron chi connectivity index (χ1n) is 6.80. The summed E-state index contributed by atoms with van der Waals surface area (Å²) in [7, 11) is 0. The first-order chi connectivity index (χ1) is 9.28. The van der Waals surface area contributed by atoms with Crippen LogP contribution < -0.4 is 10.1 Å². The number of nitrogens with one attached hydrogen (secondary N) is 1. The zero-order valence-electron chi connectivity index (χ0n) is 11.6. The van der Waals surface area contributed by atoms with Crippen LogP contribution in [0.15, 0.2) is 54.6 Å². The van der Waals surface area contributed by atoms with E-state index >= 15 is 0 Å². The van der Waals surface area contributed by atoms with Crippen molar-refractivity contribution in [2.75, 3.05) is 11.9 Å². The average molecular weight is 255 g/mol. The molecule has 2 aromatic rings. The molecule has 100 valence electrons. The van der Waals surface area contributed by atoms with E-state index in [4.69, 9.17) is 4.74 Å². The number of anilines is 1. The third-order valence-corrected chi connectivity index (χ3v) is 3.09. The van der Waals surface area contributed by atoms with Crippen molar-refractivity contribution in [3.63, 3.8) is 0 Å². The number of hydrogen-bond donors (Lipinski definition) is 1. The lowest BCUT2D eigenvalue weighted by Gasteiger charge is -2.18. The van der Waals surface area contributed by atoms with E-state index in [1.165, 1.54) is 5.56 Å². The first-order valence-corrected chi connectivity index (χ1v) is 6.80. The molecule has 1 atom stereocenters. The van der Waals surface area contributed by atoms with E-state index < -0.39 is 0 Å². The zero-order valence-corrected chi connectivity index (χ0v) is 11.6. The van der Waals surface area contributed by atoms with Gasteiger partial charge in [0.2, 0.25) is 0 Å². The lowest BCUT2D eigenvalue weighted by Crippen LogP contribution is -2.25. The molecule has 0 spiro atoms. The predicted molar refractivity (Wildman–Crippen MR) is 80.8 cm³/mol. The Morgan fingerprint density at radius 1 is 1.00 bits per heavy atom. The van der Waals surface area contributed by atoms with Crippen molar-refractivity contribution in [3.8, 4) is 5.75 Å². The highest BCUT2D eigenvalue weighted by Gasteiger charge is 2.07. The highest BCUT2D eigenvalue weighted by atomic mass is 16.5. The van der Waals surface area contributed by atoms with Crippen LogP contribution in [0.2, 0.25) is 0 Å². The van der Waals surface area contributed by atoms with E-state index in [-0.39, 0.29) is 6.10 Å². The molecule has 2 heteroatoms. The van der Waals surface area contributed by atoms with Gasteiger partial charge >= 0.3 is 0 Å². The van der Waals surface area contributed by atoms with Gasteiger partial charge in [-0.05, 0) is 37.6 Å². The summed E-state index contributed by atoms with van der Waals surface area (Å²) in [5.74, 6) is 0.931. The average Bonchev–Trinajstić information content (AvgIpc) is 2.46. The lowest BCUT2D eigenvalue weighted by atomic mass is 10.2. The molecule has 1 N–H and O–H groups in total. The van der Waals surface area contributed by atoms with Crippen LogP contribution in [0.4, 0.5) is 5.69 Å². The molecule has 1 unspecified atom stereocenters. The molecule has 0 heterocycles. The second-order valence-electron chi connectivity index (χ2n) is 4.71. The van der Waals surface area contributed by atoms with Crippen LogP contribution in [0.1, 0.15) is 18.9 Å². The van der Waals surface area contributed by atoms with E-state index in [0.29, 0.717) is 0 Å². The Hall–Kier alpha value is -1.96. The van der Waals surface area contributed by atoms with Gasteiger partial charge in [0.05, 0.1) is 6.54 Å². The third-order valence-electron chi connectivity index (χ3n) is 3.09. The van der Waals surface area contributed by atoms with Crippen molar-refractivity contribution in [3.05, 3.63) is 60.2 Å². The zero-order chi connectivity index (χ0) is 13.5. The van der Waals surface area contributed by atoms with Gasteiger partial charge in [0, 0.05) is 5.69 Å². The standard InChI is InChI=1S/C17H21NO/c1-3-16(19-17-7-5-4-6-8-17)13-18-15-11-9-14(2)10-12-15/h4-12,16,18H,3,13H2,1-2H3. The van der Waals surface area contributed by atoms with Crippen LogP contribution >= 0.6 is 0 Å². The maximum atomic E-state index is 5.95. The van der Waals surface area contributed by atoms with E-state index in [1.54, 1.807) is 0 Å². The Bertz CT molecular complexity index is 478. The van der Waals surface area contributed by atoms with Gasteiger partial charge in [-0.25, -0.2) is 0 Å². The van der Waals surface area contributed by atoms with Crippen molar-refractivity contribution < 1.29 is 4.74 Å². The summed E-state index contributed by atoms with van der Waals surface area (Å²) in [6, 6.07) is 18.4. The number of benzene rings is 2. The van der Waals surface area contributed by atoms with Crippen molar-refractivity contribution >= 4 is 5.69 Å². The molecule has 0 bridgehead atoms. The van der Waals surface area contributed by atoms with Gasteiger partial charge in [-0.3, -0.25) is 0 Å². The maximum absolute atomic E-state index is 5.95. The maximum Gasteiger partial charge on any atom is 0.119 e. The minimum Gasteiger partial charge on any atom is -0.489 e. The molecular formula is C17H21NO. The van der Waals surface area contributed by atoms with Gasteiger partial charge in [0.25, 0.3) is 0 Å². The van der Waals surface area contributed by atoms with Crippen molar-refractivity contribution in [2.45, 2.75) is 26.4 Å². The van der Waals surface area contributed by atoms with Crippen LogP contribution in [-0.2, 0) is 0 Å². The summed E-state index contributed by atoms with van der Waals surface area (Å²) in [6.07, 6.45) is 1.16. The van der Waals surface area contributed by atoms with Crippen LogP contribution in [0.25, 0.3) is 0 Å². The van der Waals surface area contributed by atoms with E-state index in [1.807, 2.05) is 30.3 Å². The van der Waals surface area contributed by atoms with Crippen LogP contribution in [0.3, 0.4) is 0 Å². The molecule has 0 aliphatic carbocycles. The Balaban J connectivity index is 1.87. The molecule has 0 aliphatic heterocycles. The summed E-state index contributed by atoms with van der Waals surface area (Å²) in [6.45, 7) is 5.05. The monoisotopic (exact) mass is 255 g/mol. The molecule has 2 nitrogen and oxygen atoms in total. The van der Waals surface area contributed by atoms with Crippen molar-refractivity contribution in [2.24, 2.45) is 0 Å². The summed E-state index contributed by atoms with van der Waals surface area (Å²) >= 11 is 0. The summed E-state index contributed by atoms with van der Waals surface area (Å²) < 4.78 is 5.95. The molecule has 2 rings (SSSR count). The second-order valence-corrected chi connectivity index (χ2v) is 4.71. The SMILES string of the molecule is CCC(CNc1ccc(C)cc1)Oc1ccccc1. The van der Waals surface area contributed by atoms with Crippen LogP contribution in [0, 0.1) is 6.92 Å². The summed E-state index contributed by atoms with van der Waals surface area (Å²) in [4.78, 5) is 0. The Labute approximate surface area is 115 Å². The minimum atomic E-state index is 0.184. The van der Waals surface area contributed by atoms with Gasteiger partial charge in [-0.1, -0.05) is 42.8 Å². The molecule has 0 saturated heterocycles. The van der Waals surface area contributed by atoms with Gasteiger partial charge < -0.3 is 10.1 Å². The largest absolute Gasteiger partial charge is 0.489 e. The van der Waals surface area contributed by atoms with E-state index in [9.17, 15) is 0 Å². The number of aryl methyl sites for hydroxylation is 1. The molecular weight excluding hydrogens is 234 g/mol. The molecule has 0 aliphatic rings. The predicted octanol–water partition coefficient (Wildman–Crippen LogP) is 4.26. The van der Waals surface area contributed by atoms with Gasteiger partial charge in [-0.2, -0.15) is 0 Å². The fourth-order valence-corrected chi connectivity index (χ4v) is 1.86. The Morgan fingerprint density at radius 2 is 1.68 bits per heavy atom. The minimum absolute atomic E-state index is 0.184. The topological polar surface area (TPSA) is 21.3 Å². The van der Waals surface area contributed by atoms with Crippen LogP contribution in [-0.4, -0.2) is 12.6 Å². The third kappa shape index (κ3) is 4.32. The quantitative estimate of drug-likeness (QED) is 0.832. The highest BCUT2D eigenvalue weighted by molar-refractivity contribution is 5.44. The van der Waals surface area contributed by atoms with E-state index in [2.05, 4.69) is 43.4 Å². The van der Waals surface area contributed by atoms with E-state index in [0.717, 1.165) is 24.4 Å². The second kappa shape index (κ2) is 6.83.